The number of carbonyl (C=O) groups is 1. The maximum atomic E-state index is 13.0. The van der Waals surface area contributed by atoms with Gasteiger partial charge in [-0.3, -0.25) is 14.6 Å². The molecule has 168 valence electrons. The molecule has 5 rings (SSSR count). The summed E-state index contributed by atoms with van der Waals surface area (Å²) in [5, 5.41) is 13.9. The van der Waals surface area contributed by atoms with Gasteiger partial charge in [-0.05, 0) is 17.7 Å². The Morgan fingerprint density at radius 3 is 2.84 bits per heavy atom. The molecule has 3 aromatic rings. The minimum absolute atomic E-state index is 0.114. The second-order valence-electron chi connectivity index (χ2n) is 7.67. The molecule has 0 bridgehead atoms. The number of H-pyrrole nitrogens is 1. The van der Waals surface area contributed by atoms with E-state index < -0.39 is 10.0 Å². The normalized spacial score (nSPS) is 15.9. The first kappa shape index (κ1) is 20.5. The van der Waals surface area contributed by atoms with E-state index in [0.717, 1.165) is 11.3 Å². The minimum Gasteiger partial charge on any atom is -0.486 e. The lowest BCUT2D eigenvalue weighted by molar-refractivity contribution is -0.115. The first-order valence-corrected chi connectivity index (χ1v) is 11.6. The molecule has 12 heteroatoms. The van der Waals surface area contributed by atoms with E-state index in [0.29, 0.717) is 49.1 Å². The van der Waals surface area contributed by atoms with Crippen molar-refractivity contribution in [1.29, 1.82) is 0 Å². The van der Waals surface area contributed by atoms with Crippen molar-refractivity contribution in [2.24, 2.45) is 7.05 Å². The van der Waals surface area contributed by atoms with Gasteiger partial charge in [0.05, 0.1) is 12.6 Å². The second-order valence-corrected chi connectivity index (χ2v) is 9.61. The van der Waals surface area contributed by atoms with Gasteiger partial charge < -0.3 is 14.8 Å². The number of hydrogen-bond donors (Lipinski definition) is 2. The van der Waals surface area contributed by atoms with Crippen molar-refractivity contribution in [2.45, 2.75) is 24.3 Å². The van der Waals surface area contributed by atoms with Crippen molar-refractivity contribution < 1.29 is 22.7 Å². The SMILES string of the molecule is Cn1cc(S(=O)(=O)N2CCc3[nH]nc(NC(=O)Cc4ccc5c(c4)OCCO5)c3C2)cn1. The number of aromatic amines is 1. The number of carbonyl (C=O) groups excluding carboxylic acids is 1. The first-order chi connectivity index (χ1) is 15.4. The first-order valence-electron chi connectivity index (χ1n) is 10.1. The van der Waals surface area contributed by atoms with Gasteiger partial charge in [0.2, 0.25) is 15.9 Å². The molecule has 0 spiro atoms. The topological polar surface area (TPSA) is 131 Å². The molecule has 2 aromatic heterocycles. The summed E-state index contributed by atoms with van der Waals surface area (Å²) in [5.41, 5.74) is 2.26. The van der Waals surface area contributed by atoms with Crippen LogP contribution in [0.3, 0.4) is 0 Å². The number of hydrogen-bond acceptors (Lipinski definition) is 7. The molecule has 1 aromatic carbocycles. The highest BCUT2D eigenvalue weighted by Gasteiger charge is 2.32. The van der Waals surface area contributed by atoms with Crippen molar-refractivity contribution in [2.75, 3.05) is 25.1 Å². The highest BCUT2D eigenvalue weighted by atomic mass is 32.2. The molecule has 1 amide bonds. The highest BCUT2D eigenvalue weighted by molar-refractivity contribution is 7.89. The summed E-state index contributed by atoms with van der Waals surface area (Å²) in [5.74, 6) is 1.36. The van der Waals surface area contributed by atoms with Gasteiger partial charge >= 0.3 is 0 Å². The molecule has 11 nitrogen and oxygen atoms in total. The molecular weight excluding hydrogens is 436 g/mol. The molecule has 4 heterocycles. The van der Waals surface area contributed by atoms with Crippen molar-refractivity contribution >= 4 is 21.7 Å². The van der Waals surface area contributed by atoms with Crippen molar-refractivity contribution in [1.82, 2.24) is 24.3 Å². The van der Waals surface area contributed by atoms with E-state index in [2.05, 4.69) is 20.6 Å². The second kappa shape index (κ2) is 7.95. The minimum atomic E-state index is -3.69. The number of nitrogens with one attached hydrogen (secondary N) is 2. The summed E-state index contributed by atoms with van der Waals surface area (Å²) in [6, 6.07) is 5.39. The lowest BCUT2D eigenvalue weighted by Crippen LogP contribution is -2.36. The van der Waals surface area contributed by atoms with E-state index >= 15 is 0 Å². The fourth-order valence-electron chi connectivity index (χ4n) is 3.82. The number of rotatable bonds is 5. The maximum Gasteiger partial charge on any atom is 0.246 e. The predicted octanol–water partition coefficient (Wildman–Crippen LogP) is 0.843. The molecule has 32 heavy (non-hydrogen) atoms. The van der Waals surface area contributed by atoms with E-state index in [1.54, 1.807) is 19.2 Å². The van der Waals surface area contributed by atoms with Crippen LogP contribution in [0, 0.1) is 0 Å². The van der Waals surface area contributed by atoms with Crippen LogP contribution in [0.2, 0.25) is 0 Å². The van der Waals surface area contributed by atoms with Gasteiger partial charge in [0.25, 0.3) is 0 Å². The van der Waals surface area contributed by atoms with Crippen molar-refractivity contribution in [3.05, 3.63) is 47.4 Å². The van der Waals surface area contributed by atoms with Crippen LogP contribution in [0.1, 0.15) is 16.8 Å². The van der Waals surface area contributed by atoms with E-state index in [-0.39, 0.29) is 23.8 Å². The average molecular weight is 459 g/mol. The molecule has 2 N–H and O–H groups in total. The van der Waals surface area contributed by atoms with Crippen LogP contribution in [0.15, 0.2) is 35.5 Å². The zero-order chi connectivity index (χ0) is 22.3. The molecule has 0 unspecified atom stereocenters. The number of anilines is 1. The number of sulfonamides is 1. The van der Waals surface area contributed by atoms with Gasteiger partial charge in [-0.15, -0.1) is 0 Å². The average Bonchev–Trinajstić information content (AvgIpc) is 3.40. The summed E-state index contributed by atoms with van der Waals surface area (Å²) in [4.78, 5) is 12.8. The fraction of sp³-hybridized carbons (Fsp3) is 0.350. The van der Waals surface area contributed by atoms with Crippen LogP contribution in [0.25, 0.3) is 0 Å². The Hall–Kier alpha value is -3.38. The summed E-state index contributed by atoms with van der Waals surface area (Å²) in [6.07, 6.45) is 3.39. The standard InChI is InChI=1S/C20H22N6O5S/c1-25-11-14(10-21-25)32(28,29)26-5-4-16-15(12-26)20(24-23-16)22-19(27)9-13-2-3-17-18(8-13)31-7-6-30-17/h2-3,8,10-11H,4-7,9,12H2,1H3,(H2,22,23,24,27). The third kappa shape index (κ3) is 3.82. The number of ether oxygens (including phenoxy) is 2. The number of fused-ring (bicyclic) bond motifs is 2. The summed E-state index contributed by atoms with van der Waals surface area (Å²) >= 11 is 0. The van der Waals surface area contributed by atoms with Crippen LogP contribution in [-0.4, -0.2) is 58.4 Å². The van der Waals surface area contributed by atoms with Crippen LogP contribution in [-0.2, 0) is 41.3 Å². The molecule has 0 atom stereocenters. The van der Waals surface area contributed by atoms with Gasteiger partial charge in [0.1, 0.15) is 18.1 Å². The summed E-state index contributed by atoms with van der Waals surface area (Å²) < 4.78 is 39.8. The molecule has 0 aliphatic carbocycles. The Balaban J connectivity index is 1.30. The predicted molar refractivity (Wildman–Crippen MR) is 113 cm³/mol. The monoisotopic (exact) mass is 458 g/mol. The maximum absolute atomic E-state index is 13.0. The number of aromatic nitrogens is 4. The fourth-order valence-corrected chi connectivity index (χ4v) is 5.21. The molecule has 0 saturated heterocycles. The number of nitrogens with zero attached hydrogens (tertiary/aromatic N) is 4. The summed E-state index contributed by atoms with van der Waals surface area (Å²) in [7, 11) is -2.03. The number of amides is 1. The van der Waals surface area contributed by atoms with Crippen molar-refractivity contribution in [3.8, 4) is 11.5 Å². The van der Waals surface area contributed by atoms with E-state index in [1.165, 1.54) is 21.4 Å². The molecule has 0 fully saturated rings. The van der Waals surface area contributed by atoms with Crippen LogP contribution < -0.4 is 14.8 Å². The smallest absolute Gasteiger partial charge is 0.246 e. The van der Waals surface area contributed by atoms with Gasteiger partial charge in [-0.2, -0.15) is 14.5 Å². The van der Waals surface area contributed by atoms with E-state index in [9.17, 15) is 13.2 Å². The third-order valence-corrected chi connectivity index (χ3v) is 7.24. The zero-order valence-corrected chi connectivity index (χ0v) is 18.2. The molecule has 2 aliphatic rings. The van der Waals surface area contributed by atoms with E-state index in [4.69, 9.17) is 9.47 Å². The van der Waals surface area contributed by atoms with E-state index in [1.807, 2.05) is 6.07 Å². The van der Waals surface area contributed by atoms with Gasteiger partial charge in [0, 0.05) is 44.0 Å². The van der Waals surface area contributed by atoms with Gasteiger partial charge in [-0.1, -0.05) is 6.07 Å². The molecule has 0 saturated carbocycles. The number of benzene rings is 1. The Bertz CT molecular complexity index is 1280. The van der Waals surface area contributed by atoms with Crippen LogP contribution >= 0.6 is 0 Å². The molecular formula is C20H22N6O5S. The lowest BCUT2D eigenvalue weighted by atomic mass is 10.1. The Labute approximate surface area is 184 Å². The third-order valence-electron chi connectivity index (χ3n) is 5.45. The largest absolute Gasteiger partial charge is 0.486 e. The molecule has 0 radical (unpaired) electrons. The zero-order valence-electron chi connectivity index (χ0n) is 17.4. The Morgan fingerprint density at radius 2 is 2.06 bits per heavy atom. The molecule has 2 aliphatic heterocycles. The Morgan fingerprint density at radius 1 is 1.25 bits per heavy atom. The van der Waals surface area contributed by atoms with Gasteiger partial charge in [0.15, 0.2) is 17.3 Å². The van der Waals surface area contributed by atoms with Crippen LogP contribution in [0.4, 0.5) is 5.82 Å². The lowest BCUT2D eigenvalue weighted by Gasteiger charge is -2.25. The van der Waals surface area contributed by atoms with Gasteiger partial charge in [-0.25, -0.2) is 8.42 Å². The van der Waals surface area contributed by atoms with Crippen molar-refractivity contribution in [3.63, 3.8) is 0 Å². The Kier molecular flexibility index (Phi) is 5.10. The quantitative estimate of drug-likeness (QED) is 0.579. The number of aryl methyl sites for hydroxylation is 1. The highest BCUT2D eigenvalue weighted by Crippen LogP contribution is 2.31. The van der Waals surface area contributed by atoms with Crippen LogP contribution in [0.5, 0.6) is 11.5 Å². The summed E-state index contributed by atoms with van der Waals surface area (Å²) in [6.45, 7) is 1.41.